The molecule has 5 heteroatoms. The number of nitrogens with zero attached hydrogens (tertiary/aromatic N) is 1. The quantitative estimate of drug-likeness (QED) is 0.763. The van der Waals surface area contributed by atoms with Gasteiger partial charge in [-0.25, -0.2) is 4.79 Å². The van der Waals surface area contributed by atoms with E-state index >= 15 is 0 Å². The van der Waals surface area contributed by atoms with Gasteiger partial charge in [0, 0.05) is 13.1 Å². The smallest absolute Gasteiger partial charge is 0.410 e. The van der Waals surface area contributed by atoms with Crippen molar-refractivity contribution in [3.8, 4) is 5.75 Å². The summed E-state index contributed by atoms with van der Waals surface area (Å²) in [6, 6.07) is 4.98. The molecule has 92 valence electrons. The van der Waals surface area contributed by atoms with Crippen LogP contribution in [0.4, 0.5) is 4.79 Å². The average molecular weight is 236 g/mol. The first-order chi connectivity index (χ1) is 8.17. The van der Waals surface area contributed by atoms with Gasteiger partial charge in [0.15, 0.2) is 0 Å². The van der Waals surface area contributed by atoms with Crippen LogP contribution in [0.1, 0.15) is 17.2 Å². The minimum atomic E-state index is -0.362. The molecule has 17 heavy (non-hydrogen) atoms. The third kappa shape index (κ3) is 2.06. The van der Waals surface area contributed by atoms with Gasteiger partial charge in [0.1, 0.15) is 5.75 Å². The Hall–Kier alpha value is -1.75. The molecule has 0 bridgehead atoms. The van der Waals surface area contributed by atoms with Gasteiger partial charge >= 0.3 is 6.09 Å². The Morgan fingerprint density at radius 1 is 1.65 bits per heavy atom. The lowest BCUT2D eigenvalue weighted by Gasteiger charge is -2.35. The summed E-state index contributed by atoms with van der Waals surface area (Å²) in [4.78, 5) is 13.2. The molecule has 1 aliphatic rings. The van der Waals surface area contributed by atoms with E-state index in [1.54, 1.807) is 17.0 Å². The number of carbonyl (C=O) groups is 1. The predicted octanol–water partition coefficient (Wildman–Crippen LogP) is 1.02. The minimum absolute atomic E-state index is 0.174. The average Bonchev–Trinajstić information content (AvgIpc) is 2.36. The Bertz CT molecular complexity index is 434. The summed E-state index contributed by atoms with van der Waals surface area (Å²) >= 11 is 0. The van der Waals surface area contributed by atoms with Gasteiger partial charge in [-0.15, -0.1) is 0 Å². The van der Waals surface area contributed by atoms with Crippen molar-refractivity contribution in [1.29, 1.82) is 0 Å². The third-order valence-corrected chi connectivity index (χ3v) is 3.12. The van der Waals surface area contributed by atoms with Crippen LogP contribution in [0.15, 0.2) is 18.2 Å². The van der Waals surface area contributed by atoms with Gasteiger partial charge < -0.3 is 15.6 Å². The van der Waals surface area contributed by atoms with Crippen molar-refractivity contribution < 1.29 is 14.6 Å². The van der Waals surface area contributed by atoms with Crippen LogP contribution in [0.2, 0.25) is 0 Å². The van der Waals surface area contributed by atoms with Crippen LogP contribution < -0.4 is 5.73 Å². The molecule has 0 fully saturated rings. The molecule has 1 unspecified atom stereocenters. The number of fused-ring (bicyclic) bond motifs is 1. The summed E-state index contributed by atoms with van der Waals surface area (Å²) in [5.74, 6) is 0.242. The fraction of sp³-hybridized carbons (Fsp3) is 0.417. The summed E-state index contributed by atoms with van der Waals surface area (Å²) in [7, 11) is 1.36. The highest BCUT2D eigenvalue weighted by molar-refractivity contribution is 5.69. The molecule has 5 nitrogen and oxygen atoms in total. The molecule has 0 spiro atoms. The molecule has 0 saturated heterocycles. The van der Waals surface area contributed by atoms with Crippen molar-refractivity contribution in [1.82, 2.24) is 4.90 Å². The first kappa shape index (κ1) is 11.7. The largest absolute Gasteiger partial charge is 0.508 e. The van der Waals surface area contributed by atoms with Crippen LogP contribution in [-0.2, 0) is 11.2 Å². The van der Waals surface area contributed by atoms with E-state index < -0.39 is 0 Å². The van der Waals surface area contributed by atoms with Crippen LogP contribution in [0, 0.1) is 0 Å². The Labute approximate surface area is 99.8 Å². The van der Waals surface area contributed by atoms with Crippen LogP contribution in [0.5, 0.6) is 5.75 Å². The molecule has 2 rings (SSSR count). The van der Waals surface area contributed by atoms with Gasteiger partial charge in [-0.05, 0) is 29.7 Å². The Morgan fingerprint density at radius 2 is 2.41 bits per heavy atom. The first-order valence-electron chi connectivity index (χ1n) is 5.53. The standard InChI is InChI=1S/C12H16N2O3/c1-17-12(16)14-5-4-8-6-9(15)2-3-10(8)11(14)7-13/h2-3,6,11,15H,4-5,7,13H2,1H3. The third-order valence-electron chi connectivity index (χ3n) is 3.12. The summed E-state index contributed by atoms with van der Waals surface area (Å²) in [6.45, 7) is 0.901. The van der Waals surface area contributed by atoms with Crippen LogP contribution >= 0.6 is 0 Å². The number of aromatic hydroxyl groups is 1. The lowest BCUT2D eigenvalue weighted by Crippen LogP contribution is -2.43. The topological polar surface area (TPSA) is 75.8 Å². The normalized spacial score (nSPS) is 18.7. The summed E-state index contributed by atoms with van der Waals surface area (Å²) in [5, 5.41) is 9.43. The molecule has 1 atom stereocenters. The van der Waals surface area contributed by atoms with Crippen LogP contribution in [-0.4, -0.2) is 36.3 Å². The van der Waals surface area contributed by atoms with E-state index in [0.29, 0.717) is 19.5 Å². The number of amides is 1. The van der Waals surface area contributed by atoms with E-state index in [1.807, 2.05) is 6.07 Å². The van der Waals surface area contributed by atoms with E-state index in [9.17, 15) is 9.90 Å². The highest BCUT2D eigenvalue weighted by Gasteiger charge is 2.30. The molecule has 0 saturated carbocycles. The summed E-state index contributed by atoms with van der Waals surface area (Å²) in [5.41, 5.74) is 7.76. The molecule has 0 radical (unpaired) electrons. The molecular weight excluding hydrogens is 220 g/mol. The van der Waals surface area contributed by atoms with E-state index in [4.69, 9.17) is 10.5 Å². The molecular formula is C12H16N2O3. The molecule has 3 N–H and O–H groups in total. The van der Waals surface area contributed by atoms with Gasteiger partial charge in [0.05, 0.1) is 13.2 Å². The summed E-state index contributed by atoms with van der Waals surface area (Å²) < 4.78 is 4.74. The molecule has 1 amide bonds. The fourth-order valence-electron chi connectivity index (χ4n) is 2.29. The first-order valence-corrected chi connectivity index (χ1v) is 5.53. The number of rotatable bonds is 1. The highest BCUT2D eigenvalue weighted by atomic mass is 16.5. The van der Waals surface area contributed by atoms with Crippen LogP contribution in [0.3, 0.4) is 0 Å². The second kappa shape index (κ2) is 4.63. The monoisotopic (exact) mass is 236 g/mol. The lowest BCUT2D eigenvalue weighted by atomic mass is 9.92. The number of phenolic OH excluding ortho intramolecular Hbond substituents is 1. The maximum absolute atomic E-state index is 11.6. The molecule has 1 aliphatic heterocycles. The highest BCUT2D eigenvalue weighted by Crippen LogP contribution is 2.31. The molecule has 0 aromatic heterocycles. The number of nitrogens with two attached hydrogens (primary N) is 1. The van der Waals surface area contributed by atoms with Crippen molar-refractivity contribution in [2.75, 3.05) is 20.2 Å². The maximum atomic E-state index is 11.6. The van der Waals surface area contributed by atoms with Crippen molar-refractivity contribution in [2.24, 2.45) is 5.73 Å². The van der Waals surface area contributed by atoms with Gasteiger partial charge in [-0.3, -0.25) is 4.90 Å². The number of hydrogen-bond donors (Lipinski definition) is 2. The van der Waals surface area contributed by atoms with Crippen molar-refractivity contribution in [2.45, 2.75) is 12.5 Å². The van der Waals surface area contributed by atoms with E-state index in [2.05, 4.69) is 0 Å². The number of hydrogen-bond acceptors (Lipinski definition) is 4. The van der Waals surface area contributed by atoms with Crippen molar-refractivity contribution in [3.63, 3.8) is 0 Å². The zero-order valence-electron chi connectivity index (χ0n) is 9.72. The van der Waals surface area contributed by atoms with E-state index in [1.165, 1.54) is 7.11 Å². The fourth-order valence-corrected chi connectivity index (χ4v) is 2.29. The second-order valence-electron chi connectivity index (χ2n) is 4.05. The molecule has 1 aromatic rings. The lowest BCUT2D eigenvalue weighted by molar-refractivity contribution is 0.102. The number of phenols is 1. The maximum Gasteiger partial charge on any atom is 0.410 e. The SMILES string of the molecule is COC(=O)N1CCc2cc(O)ccc2C1CN. The molecule has 1 aromatic carbocycles. The second-order valence-corrected chi connectivity index (χ2v) is 4.05. The minimum Gasteiger partial charge on any atom is -0.508 e. The molecule has 1 heterocycles. The Morgan fingerprint density at radius 3 is 3.06 bits per heavy atom. The molecule has 0 aliphatic carbocycles. The zero-order chi connectivity index (χ0) is 12.4. The number of ether oxygens (including phenoxy) is 1. The predicted molar refractivity (Wildman–Crippen MR) is 62.7 cm³/mol. The number of benzene rings is 1. The number of methoxy groups -OCH3 is 1. The van der Waals surface area contributed by atoms with Gasteiger partial charge in [0.2, 0.25) is 0 Å². The number of carbonyl (C=O) groups excluding carboxylic acids is 1. The van der Waals surface area contributed by atoms with Crippen LogP contribution in [0.25, 0.3) is 0 Å². The Balaban J connectivity index is 2.36. The summed E-state index contributed by atoms with van der Waals surface area (Å²) in [6.07, 6.45) is 0.342. The van der Waals surface area contributed by atoms with E-state index in [0.717, 1.165) is 11.1 Å². The van der Waals surface area contributed by atoms with Crippen molar-refractivity contribution in [3.05, 3.63) is 29.3 Å². The van der Waals surface area contributed by atoms with E-state index in [-0.39, 0.29) is 17.9 Å². The van der Waals surface area contributed by atoms with Gasteiger partial charge in [-0.1, -0.05) is 6.07 Å². The van der Waals surface area contributed by atoms with Gasteiger partial charge in [0.25, 0.3) is 0 Å². The van der Waals surface area contributed by atoms with Crippen molar-refractivity contribution >= 4 is 6.09 Å². The van der Waals surface area contributed by atoms with Gasteiger partial charge in [-0.2, -0.15) is 0 Å². The zero-order valence-corrected chi connectivity index (χ0v) is 9.72. The Kier molecular flexibility index (Phi) is 3.19.